The summed E-state index contributed by atoms with van der Waals surface area (Å²) in [7, 11) is 0. The van der Waals surface area contributed by atoms with Gasteiger partial charge in [-0.1, -0.05) is 54.6 Å². The molecule has 4 nitrogen and oxygen atoms in total. The molecule has 4 aromatic rings. The average Bonchev–Trinajstić information content (AvgIpc) is 2.76. The summed E-state index contributed by atoms with van der Waals surface area (Å²) in [5, 5.41) is 4.22. The van der Waals surface area contributed by atoms with E-state index in [1.165, 1.54) is 5.56 Å². The van der Waals surface area contributed by atoms with E-state index < -0.39 is 0 Å². The zero-order chi connectivity index (χ0) is 20.9. The molecule has 0 spiro atoms. The van der Waals surface area contributed by atoms with Crippen molar-refractivity contribution in [1.82, 2.24) is 0 Å². The zero-order valence-electron chi connectivity index (χ0n) is 17.3. The summed E-state index contributed by atoms with van der Waals surface area (Å²) in [6.45, 7) is 5.14. The van der Waals surface area contributed by atoms with E-state index in [0.717, 1.165) is 34.2 Å². The van der Waals surface area contributed by atoms with Crippen molar-refractivity contribution in [2.75, 3.05) is 11.9 Å². The summed E-state index contributed by atoms with van der Waals surface area (Å²) in [6, 6.07) is 24.1. The molecule has 0 aliphatic carbocycles. The second kappa shape index (κ2) is 8.87. The lowest BCUT2D eigenvalue weighted by atomic mass is 10.1. The standard InChI is InChI=1S/C26H25NO3/c1-18-8-13-23-19(2)25(26(28)30-24(23)16-18)27-15-14-20-9-11-22(12-10-20)29-17-21-6-4-3-5-7-21/h3-13,16,27H,14-15,17H2,1-2H3. The number of nitrogens with one attached hydrogen (secondary N) is 1. The number of anilines is 1. The summed E-state index contributed by atoms with van der Waals surface area (Å²) in [4.78, 5) is 12.4. The minimum Gasteiger partial charge on any atom is -0.489 e. The van der Waals surface area contributed by atoms with Crippen LogP contribution in [0.1, 0.15) is 22.3 Å². The van der Waals surface area contributed by atoms with Gasteiger partial charge in [-0.2, -0.15) is 0 Å². The second-order valence-electron chi connectivity index (χ2n) is 7.48. The maximum Gasteiger partial charge on any atom is 0.360 e. The Morgan fingerprint density at radius 1 is 0.900 bits per heavy atom. The number of benzene rings is 3. The minimum absolute atomic E-state index is 0.324. The lowest BCUT2D eigenvalue weighted by molar-refractivity contribution is 0.306. The predicted molar refractivity (Wildman–Crippen MR) is 121 cm³/mol. The SMILES string of the molecule is Cc1ccc2c(C)c(NCCc3ccc(OCc4ccccc4)cc3)c(=O)oc2c1. The number of aryl methyl sites for hydroxylation is 2. The third-order valence-electron chi connectivity index (χ3n) is 5.21. The molecule has 1 N–H and O–H groups in total. The van der Waals surface area contributed by atoms with Crippen LogP contribution in [0, 0.1) is 13.8 Å². The van der Waals surface area contributed by atoms with Crippen LogP contribution in [0.3, 0.4) is 0 Å². The highest BCUT2D eigenvalue weighted by Crippen LogP contribution is 2.23. The number of fused-ring (bicyclic) bond motifs is 1. The molecule has 0 unspecified atom stereocenters. The van der Waals surface area contributed by atoms with Gasteiger partial charge < -0.3 is 14.5 Å². The summed E-state index contributed by atoms with van der Waals surface area (Å²) < 4.78 is 11.3. The van der Waals surface area contributed by atoms with Gasteiger partial charge in [-0.3, -0.25) is 0 Å². The maximum atomic E-state index is 12.4. The lowest BCUT2D eigenvalue weighted by Crippen LogP contribution is -2.15. The molecule has 0 aliphatic heterocycles. The minimum atomic E-state index is -0.324. The third kappa shape index (κ3) is 4.54. The molecule has 30 heavy (non-hydrogen) atoms. The molecule has 0 saturated carbocycles. The monoisotopic (exact) mass is 399 g/mol. The summed E-state index contributed by atoms with van der Waals surface area (Å²) in [6.07, 6.45) is 0.795. The van der Waals surface area contributed by atoms with Crippen molar-refractivity contribution in [2.45, 2.75) is 26.9 Å². The fourth-order valence-electron chi connectivity index (χ4n) is 3.49. The highest BCUT2D eigenvalue weighted by molar-refractivity contribution is 5.84. The molecule has 4 rings (SSSR count). The normalized spacial score (nSPS) is 10.9. The molecular weight excluding hydrogens is 374 g/mol. The van der Waals surface area contributed by atoms with Gasteiger partial charge >= 0.3 is 5.63 Å². The van der Waals surface area contributed by atoms with Crippen LogP contribution < -0.4 is 15.7 Å². The van der Waals surface area contributed by atoms with Gasteiger partial charge in [0.15, 0.2) is 0 Å². The summed E-state index contributed by atoms with van der Waals surface area (Å²) in [5.74, 6) is 0.844. The molecule has 0 amide bonds. The number of rotatable bonds is 7. The molecule has 4 heteroatoms. The Balaban J connectivity index is 1.36. The van der Waals surface area contributed by atoms with Crippen LogP contribution in [0.2, 0.25) is 0 Å². The molecule has 0 bridgehead atoms. The average molecular weight is 399 g/mol. The Morgan fingerprint density at radius 2 is 1.67 bits per heavy atom. The van der Waals surface area contributed by atoms with Crippen LogP contribution in [0.25, 0.3) is 11.0 Å². The molecular formula is C26H25NO3. The number of ether oxygens (including phenoxy) is 1. The lowest BCUT2D eigenvalue weighted by Gasteiger charge is -2.11. The van der Waals surface area contributed by atoms with Crippen LogP contribution in [0.4, 0.5) is 5.69 Å². The fraction of sp³-hybridized carbons (Fsp3) is 0.192. The highest BCUT2D eigenvalue weighted by Gasteiger charge is 2.11. The predicted octanol–water partition coefficient (Wildman–Crippen LogP) is 5.64. The smallest absolute Gasteiger partial charge is 0.360 e. The third-order valence-corrected chi connectivity index (χ3v) is 5.21. The van der Waals surface area contributed by atoms with Gasteiger partial charge in [0.2, 0.25) is 0 Å². The van der Waals surface area contributed by atoms with Gasteiger partial charge in [0.1, 0.15) is 23.6 Å². The van der Waals surface area contributed by atoms with Crippen molar-refractivity contribution < 1.29 is 9.15 Å². The molecule has 152 valence electrons. The molecule has 1 heterocycles. The topological polar surface area (TPSA) is 51.5 Å². The van der Waals surface area contributed by atoms with Gasteiger partial charge in [0.25, 0.3) is 0 Å². The number of hydrogen-bond acceptors (Lipinski definition) is 4. The van der Waals surface area contributed by atoms with Crippen molar-refractivity contribution in [3.8, 4) is 5.75 Å². The van der Waals surface area contributed by atoms with Crippen molar-refractivity contribution in [1.29, 1.82) is 0 Å². The van der Waals surface area contributed by atoms with E-state index in [4.69, 9.17) is 9.15 Å². The van der Waals surface area contributed by atoms with Gasteiger partial charge in [0.05, 0.1) is 0 Å². The Bertz CT molecular complexity index is 1190. The molecule has 0 saturated heterocycles. The zero-order valence-corrected chi connectivity index (χ0v) is 17.3. The Labute approximate surface area is 176 Å². The van der Waals surface area contributed by atoms with Gasteiger partial charge in [-0.25, -0.2) is 4.79 Å². The van der Waals surface area contributed by atoms with E-state index in [2.05, 4.69) is 17.4 Å². The van der Waals surface area contributed by atoms with Gasteiger partial charge in [-0.15, -0.1) is 0 Å². The quantitative estimate of drug-likeness (QED) is 0.408. The summed E-state index contributed by atoms with van der Waals surface area (Å²) >= 11 is 0. The molecule has 0 fully saturated rings. The van der Waals surface area contributed by atoms with E-state index in [1.807, 2.05) is 74.5 Å². The van der Waals surface area contributed by atoms with Crippen molar-refractivity contribution in [2.24, 2.45) is 0 Å². The Kier molecular flexibility index (Phi) is 5.84. The fourth-order valence-corrected chi connectivity index (χ4v) is 3.49. The first-order valence-corrected chi connectivity index (χ1v) is 10.1. The van der Waals surface area contributed by atoms with Crippen LogP contribution in [0.5, 0.6) is 5.75 Å². The van der Waals surface area contributed by atoms with E-state index in [9.17, 15) is 4.79 Å². The molecule has 1 aromatic heterocycles. The van der Waals surface area contributed by atoms with Crippen LogP contribution in [-0.2, 0) is 13.0 Å². The molecule has 0 atom stereocenters. The number of hydrogen-bond donors (Lipinski definition) is 1. The maximum absolute atomic E-state index is 12.4. The first-order chi connectivity index (χ1) is 14.6. The van der Waals surface area contributed by atoms with Gasteiger partial charge in [-0.05, 0) is 60.7 Å². The van der Waals surface area contributed by atoms with E-state index in [-0.39, 0.29) is 5.63 Å². The van der Waals surface area contributed by atoms with Crippen LogP contribution in [0.15, 0.2) is 82.0 Å². The van der Waals surface area contributed by atoms with E-state index in [0.29, 0.717) is 24.4 Å². The van der Waals surface area contributed by atoms with E-state index in [1.54, 1.807) is 0 Å². The Hall–Kier alpha value is -3.53. The first-order valence-electron chi connectivity index (χ1n) is 10.1. The van der Waals surface area contributed by atoms with E-state index >= 15 is 0 Å². The largest absolute Gasteiger partial charge is 0.489 e. The second-order valence-corrected chi connectivity index (χ2v) is 7.48. The molecule has 0 radical (unpaired) electrons. The van der Waals surface area contributed by atoms with Crippen LogP contribution in [-0.4, -0.2) is 6.54 Å². The first kappa shape index (κ1) is 19.8. The van der Waals surface area contributed by atoms with Gasteiger partial charge in [0, 0.05) is 11.9 Å². The van der Waals surface area contributed by atoms with Crippen LogP contribution >= 0.6 is 0 Å². The van der Waals surface area contributed by atoms with Crippen molar-refractivity contribution >= 4 is 16.7 Å². The van der Waals surface area contributed by atoms with Crippen molar-refractivity contribution in [3.05, 3.63) is 105 Å². The van der Waals surface area contributed by atoms with Crippen molar-refractivity contribution in [3.63, 3.8) is 0 Å². The Morgan fingerprint density at radius 3 is 2.43 bits per heavy atom. The highest BCUT2D eigenvalue weighted by atomic mass is 16.5. The molecule has 3 aromatic carbocycles. The summed E-state index contributed by atoms with van der Waals surface area (Å²) in [5.41, 5.74) is 5.16. The molecule has 0 aliphatic rings.